The molecule has 0 saturated heterocycles. The largest absolute Gasteiger partial charge is 0.464 e. The highest BCUT2D eigenvalue weighted by Crippen LogP contribution is 2.47. The minimum Gasteiger partial charge on any atom is -0.464 e. The van der Waals surface area contributed by atoms with Crippen LogP contribution in [-0.2, 0) is 11.2 Å². The van der Waals surface area contributed by atoms with Crippen molar-refractivity contribution in [3.63, 3.8) is 0 Å². The van der Waals surface area contributed by atoms with Gasteiger partial charge < -0.3 is 4.74 Å². The number of hydrogen-bond donors (Lipinski definition) is 0. The highest BCUT2D eigenvalue weighted by molar-refractivity contribution is 7.21. The lowest BCUT2D eigenvalue weighted by molar-refractivity contribution is 0.0593. The Balaban J connectivity index is 1.61. The molecule has 5 aromatic rings. The molecule has 0 aliphatic heterocycles. The van der Waals surface area contributed by atoms with E-state index in [4.69, 9.17) is 4.74 Å². The van der Waals surface area contributed by atoms with Crippen molar-refractivity contribution in [3.8, 4) is 10.4 Å². The molecule has 0 radical (unpaired) electrons. The summed E-state index contributed by atoms with van der Waals surface area (Å²) in [7, 11) is 1.36. The van der Waals surface area contributed by atoms with E-state index in [1.807, 2.05) is 36.4 Å². The summed E-state index contributed by atoms with van der Waals surface area (Å²) in [6.45, 7) is 0. The number of carbonyl (C=O) groups is 1. The summed E-state index contributed by atoms with van der Waals surface area (Å²) in [5.41, 5.74) is 4.50. The average Bonchev–Trinajstić information content (AvgIpc) is 3.62. The van der Waals surface area contributed by atoms with Gasteiger partial charge in [0.2, 0.25) is 0 Å². The van der Waals surface area contributed by atoms with Crippen LogP contribution in [0.15, 0.2) is 83.7 Å². The second-order valence-corrected chi connectivity index (χ2v) is 9.79. The molecule has 0 spiro atoms. The maximum atomic E-state index is 13.5. The first-order valence-electron chi connectivity index (χ1n) is 11.5. The van der Waals surface area contributed by atoms with Gasteiger partial charge in [-0.05, 0) is 58.2 Å². The van der Waals surface area contributed by atoms with Gasteiger partial charge in [0.1, 0.15) is 4.83 Å². The van der Waals surface area contributed by atoms with E-state index in [-0.39, 0.29) is 5.56 Å². The number of thiazole rings is 1. The lowest BCUT2D eigenvalue weighted by Gasteiger charge is -2.13. The van der Waals surface area contributed by atoms with Crippen LogP contribution in [0.1, 0.15) is 45.9 Å². The zero-order chi connectivity index (χ0) is 23.2. The van der Waals surface area contributed by atoms with Crippen LogP contribution in [0.2, 0.25) is 0 Å². The van der Waals surface area contributed by atoms with Crippen molar-refractivity contribution in [2.24, 2.45) is 0 Å². The summed E-state index contributed by atoms with van der Waals surface area (Å²) in [4.78, 5) is 28.0. The molecule has 168 valence electrons. The summed E-state index contributed by atoms with van der Waals surface area (Å²) in [5, 5.41) is 2.40. The topological polar surface area (TPSA) is 47.8 Å². The molecule has 3 aromatic carbocycles. The van der Waals surface area contributed by atoms with Crippen LogP contribution in [0.4, 0.5) is 0 Å². The Bertz CT molecular complexity index is 1600. The Labute approximate surface area is 201 Å². The number of rotatable bonds is 5. The van der Waals surface area contributed by atoms with E-state index >= 15 is 0 Å². The standard InChI is InChI=1S/C29H23NO3S/c1-33-29(32)26-27(20-9-3-2-4-10-20)34-28-25(19-14-15-19)22(17-24(31)30(26)28)16-21-12-7-11-18-8-5-6-13-23(18)21/h2-13,17,19H,14-16H2,1H3. The van der Waals surface area contributed by atoms with Crippen molar-refractivity contribution in [3.05, 3.63) is 112 Å². The lowest BCUT2D eigenvalue weighted by atomic mass is 9.95. The minimum absolute atomic E-state index is 0.187. The Morgan fingerprint density at radius 2 is 1.71 bits per heavy atom. The van der Waals surface area contributed by atoms with Gasteiger partial charge >= 0.3 is 5.97 Å². The predicted octanol–water partition coefficient (Wildman–Crippen LogP) is 6.44. The summed E-state index contributed by atoms with van der Waals surface area (Å²) < 4.78 is 6.70. The zero-order valence-electron chi connectivity index (χ0n) is 18.8. The van der Waals surface area contributed by atoms with Gasteiger partial charge in [0.25, 0.3) is 5.56 Å². The number of carbonyl (C=O) groups excluding carboxylic acids is 1. The third kappa shape index (κ3) is 3.44. The van der Waals surface area contributed by atoms with Crippen LogP contribution in [-0.4, -0.2) is 17.5 Å². The minimum atomic E-state index is -0.490. The number of ether oxygens (including phenoxy) is 1. The highest BCUT2D eigenvalue weighted by atomic mass is 32.1. The third-order valence-electron chi connectivity index (χ3n) is 6.60. The van der Waals surface area contributed by atoms with E-state index in [2.05, 4.69) is 36.4 Å². The van der Waals surface area contributed by atoms with E-state index in [9.17, 15) is 9.59 Å². The normalized spacial score (nSPS) is 13.4. The number of fused-ring (bicyclic) bond motifs is 2. The number of pyridine rings is 1. The fraction of sp³-hybridized carbons (Fsp3) is 0.172. The molecule has 1 saturated carbocycles. The van der Waals surface area contributed by atoms with Gasteiger partial charge in [-0.1, -0.05) is 72.8 Å². The van der Waals surface area contributed by atoms with Gasteiger partial charge in [-0.25, -0.2) is 4.79 Å². The molecule has 1 fully saturated rings. The molecule has 6 rings (SSSR count). The first kappa shape index (κ1) is 20.9. The number of benzene rings is 3. The van der Waals surface area contributed by atoms with Crippen molar-refractivity contribution in [1.82, 2.24) is 4.40 Å². The number of aromatic nitrogens is 1. The molecule has 5 heteroatoms. The van der Waals surface area contributed by atoms with Gasteiger partial charge in [-0.15, -0.1) is 11.3 Å². The van der Waals surface area contributed by atoms with Gasteiger partial charge in [0, 0.05) is 6.07 Å². The van der Waals surface area contributed by atoms with Crippen LogP contribution in [0.5, 0.6) is 0 Å². The van der Waals surface area contributed by atoms with Crippen molar-refractivity contribution in [1.29, 1.82) is 0 Å². The van der Waals surface area contributed by atoms with Crippen LogP contribution >= 0.6 is 11.3 Å². The van der Waals surface area contributed by atoms with E-state index in [1.54, 1.807) is 10.5 Å². The van der Waals surface area contributed by atoms with Crippen molar-refractivity contribution in [2.45, 2.75) is 25.2 Å². The second kappa shape index (κ2) is 8.26. The quantitative estimate of drug-likeness (QED) is 0.281. The monoisotopic (exact) mass is 465 g/mol. The number of esters is 1. The summed E-state index contributed by atoms with van der Waals surface area (Å²) >= 11 is 1.52. The Morgan fingerprint density at radius 3 is 2.47 bits per heavy atom. The highest BCUT2D eigenvalue weighted by Gasteiger charge is 2.32. The average molecular weight is 466 g/mol. The second-order valence-electron chi connectivity index (χ2n) is 8.79. The third-order valence-corrected chi connectivity index (χ3v) is 7.83. The summed E-state index contributed by atoms with van der Waals surface area (Å²) in [6.07, 6.45) is 2.89. The smallest absolute Gasteiger partial charge is 0.356 e. The number of methoxy groups -OCH3 is 1. The fourth-order valence-corrected chi connectivity index (χ4v) is 6.28. The molecule has 2 aromatic heterocycles. The van der Waals surface area contributed by atoms with Gasteiger partial charge in [-0.2, -0.15) is 0 Å². The van der Waals surface area contributed by atoms with Crippen LogP contribution < -0.4 is 5.56 Å². The molecule has 0 N–H and O–H groups in total. The summed E-state index contributed by atoms with van der Waals surface area (Å²) in [6, 6.07) is 26.2. The van der Waals surface area contributed by atoms with E-state index in [0.717, 1.165) is 33.7 Å². The first-order valence-corrected chi connectivity index (χ1v) is 12.3. The summed E-state index contributed by atoms with van der Waals surface area (Å²) in [5.74, 6) is -0.0795. The van der Waals surface area contributed by atoms with Crippen molar-refractivity contribution in [2.75, 3.05) is 7.11 Å². The maximum absolute atomic E-state index is 13.5. The molecule has 1 aliphatic carbocycles. The lowest BCUT2D eigenvalue weighted by Crippen LogP contribution is -2.20. The van der Waals surface area contributed by atoms with Crippen molar-refractivity contribution < 1.29 is 9.53 Å². The molecule has 0 atom stereocenters. The van der Waals surface area contributed by atoms with E-state index < -0.39 is 5.97 Å². The first-order chi connectivity index (χ1) is 16.7. The molecule has 1 aliphatic rings. The SMILES string of the molecule is COC(=O)c1c(-c2ccccc2)sc2c(C3CC3)c(Cc3cccc4ccccc34)cc(=O)n12. The molecule has 0 amide bonds. The van der Waals surface area contributed by atoms with Gasteiger partial charge in [-0.3, -0.25) is 9.20 Å². The van der Waals surface area contributed by atoms with Crippen LogP contribution in [0.3, 0.4) is 0 Å². The van der Waals surface area contributed by atoms with Crippen molar-refractivity contribution >= 4 is 32.9 Å². The van der Waals surface area contributed by atoms with E-state index in [1.165, 1.54) is 40.3 Å². The number of nitrogens with zero attached hydrogens (tertiary/aromatic N) is 1. The fourth-order valence-electron chi connectivity index (χ4n) is 4.88. The Kier molecular flexibility index (Phi) is 5.07. The molecule has 0 unspecified atom stereocenters. The molecular formula is C29H23NO3S. The predicted molar refractivity (Wildman–Crippen MR) is 137 cm³/mol. The molecule has 4 nitrogen and oxygen atoms in total. The van der Waals surface area contributed by atoms with Gasteiger partial charge in [0.15, 0.2) is 5.69 Å². The van der Waals surface area contributed by atoms with Crippen LogP contribution in [0, 0.1) is 0 Å². The van der Waals surface area contributed by atoms with Gasteiger partial charge in [0.05, 0.1) is 12.0 Å². The maximum Gasteiger partial charge on any atom is 0.356 e. The Hall–Kier alpha value is -3.70. The number of hydrogen-bond acceptors (Lipinski definition) is 4. The zero-order valence-corrected chi connectivity index (χ0v) is 19.6. The molecular weight excluding hydrogens is 442 g/mol. The molecule has 2 heterocycles. The molecule has 34 heavy (non-hydrogen) atoms. The molecule has 0 bridgehead atoms. The van der Waals surface area contributed by atoms with E-state index in [0.29, 0.717) is 18.0 Å². The Morgan fingerprint density at radius 1 is 0.971 bits per heavy atom. The van der Waals surface area contributed by atoms with Crippen LogP contribution in [0.25, 0.3) is 26.0 Å².